The zero-order valence-corrected chi connectivity index (χ0v) is 17.1. The molecule has 3 N–H and O–H groups in total. The molecule has 26 heavy (non-hydrogen) atoms. The fraction of sp³-hybridized carbons (Fsp3) is 0.474. The van der Waals surface area contributed by atoms with Gasteiger partial charge in [-0.1, -0.05) is 18.2 Å². The van der Waals surface area contributed by atoms with Crippen molar-refractivity contribution in [3.63, 3.8) is 0 Å². The average Bonchev–Trinajstić information content (AvgIpc) is 2.53. The summed E-state index contributed by atoms with van der Waals surface area (Å²) in [5.41, 5.74) is 10.9. The number of halogens is 2. The molecule has 2 aromatic rings. The van der Waals surface area contributed by atoms with Crippen LogP contribution in [0.1, 0.15) is 47.0 Å². The lowest BCUT2D eigenvalue weighted by Crippen LogP contribution is -2.35. The molecule has 0 radical (unpaired) electrons. The Morgan fingerprint density at radius 3 is 2.46 bits per heavy atom. The third kappa shape index (κ3) is 5.55. The minimum atomic E-state index is 0. The summed E-state index contributed by atoms with van der Waals surface area (Å²) in [6.07, 6.45) is 2.00. The molecule has 1 aliphatic carbocycles. The van der Waals surface area contributed by atoms with Gasteiger partial charge in [0.25, 0.3) is 0 Å². The number of hydrogen-bond acceptors (Lipinski definition) is 5. The van der Waals surface area contributed by atoms with Crippen molar-refractivity contribution in [3.8, 4) is 0 Å². The maximum absolute atomic E-state index is 5.92. The lowest BCUT2D eigenvalue weighted by atomic mass is 9.78. The molecule has 1 heterocycles. The molecule has 0 aliphatic heterocycles. The largest absolute Gasteiger partial charge is 0.377 e. The summed E-state index contributed by atoms with van der Waals surface area (Å²) >= 11 is 0. The fourth-order valence-electron chi connectivity index (χ4n) is 3.02. The topological polar surface area (TPSA) is 73.1 Å². The molecule has 5 nitrogen and oxygen atoms in total. The Morgan fingerprint density at radius 1 is 1.12 bits per heavy atom. The van der Waals surface area contributed by atoms with E-state index in [2.05, 4.69) is 53.4 Å². The Hall–Kier alpha value is -1.40. The second-order valence-electron chi connectivity index (χ2n) is 6.73. The predicted molar refractivity (Wildman–Crippen MR) is 110 cm³/mol. The van der Waals surface area contributed by atoms with Gasteiger partial charge >= 0.3 is 0 Å². The fourth-order valence-corrected chi connectivity index (χ4v) is 3.02. The molecule has 7 heteroatoms. The van der Waals surface area contributed by atoms with E-state index in [1.54, 1.807) is 7.11 Å². The van der Waals surface area contributed by atoms with Crippen LogP contribution in [0.25, 0.3) is 0 Å². The number of nitrogens with zero attached hydrogens (tertiary/aromatic N) is 2. The van der Waals surface area contributed by atoms with Gasteiger partial charge < -0.3 is 15.8 Å². The molecule has 0 amide bonds. The Morgan fingerprint density at radius 2 is 1.85 bits per heavy atom. The maximum atomic E-state index is 5.92. The minimum Gasteiger partial charge on any atom is -0.377 e. The average molecular weight is 399 g/mol. The second kappa shape index (κ2) is 10.1. The van der Waals surface area contributed by atoms with Gasteiger partial charge in [-0.3, -0.25) is 0 Å². The molecule has 1 aromatic carbocycles. The molecule has 1 fully saturated rings. The molecule has 144 valence electrons. The number of methoxy groups -OCH3 is 1. The summed E-state index contributed by atoms with van der Waals surface area (Å²) in [5.74, 6) is 2.02. The van der Waals surface area contributed by atoms with E-state index >= 15 is 0 Å². The van der Waals surface area contributed by atoms with Gasteiger partial charge in [0.15, 0.2) is 5.82 Å². The van der Waals surface area contributed by atoms with Gasteiger partial charge in [-0.25, -0.2) is 9.97 Å². The van der Waals surface area contributed by atoms with Crippen LogP contribution in [0.15, 0.2) is 24.3 Å². The second-order valence-corrected chi connectivity index (χ2v) is 6.73. The SMILES string of the molecule is COCc1nc(NCc2ccc(C)c(C)c2)cc(C2CC(N)C2)n1.Cl.Cl. The van der Waals surface area contributed by atoms with Crippen LogP contribution in [0.2, 0.25) is 0 Å². The molecule has 1 saturated carbocycles. The summed E-state index contributed by atoms with van der Waals surface area (Å²) in [6, 6.07) is 8.88. The first-order valence-corrected chi connectivity index (χ1v) is 8.47. The summed E-state index contributed by atoms with van der Waals surface area (Å²) in [5, 5.41) is 3.42. The van der Waals surface area contributed by atoms with Crippen molar-refractivity contribution >= 4 is 30.6 Å². The van der Waals surface area contributed by atoms with Crippen molar-refractivity contribution in [1.82, 2.24) is 9.97 Å². The number of aromatic nitrogens is 2. The highest BCUT2D eigenvalue weighted by molar-refractivity contribution is 5.85. The summed E-state index contributed by atoms with van der Waals surface area (Å²) in [4.78, 5) is 9.19. The van der Waals surface area contributed by atoms with Gasteiger partial charge in [0.2, 0.25) is 0 Å². The van der Waals surface area contributed by atoms with Crippen molar-refractivity contribution in [2.24, 2.45) is 5.73 Å². The number of hydrogen-bond donors (Lipinski definition) is 2. The minimum absolute atomic E-state index is 0. The summed E-state index contributed by atoms with van der Waals surface area (Å²) < 4.78 is 5.20. The van der Waals surface area contributed by atoms with Gasteiger partial charge in [0, 0.05) is 37.4 Å². The van der Waals surface area contributed by atoms with Crippen molar-refractivity contribution in [1.29, 1.82) is 0 Å². The van der Waals surface area contributed by atoms with E-state index in [0.29, 0.717) is 18.6 Å². The quantitative estimate of drug-likeness (QED) is 0.771. The van der Waals surface area contributed by atoms with E-state index in [9.17, 15) is 0 Å². The molecule has 3 rings (SSSR count). The van der Waals surface area contributed by atoms with Crippen LogP contribution in [-0.4, -0.2) is 23.1 Å². The molecule has 0 saturated heterocycles. The van der Waals surface area contributed by atoms with E-state index in [-0.39, 0.29) is 24.8 Å². The molecule has 0 unspecified atom stereocenters. The van der Waals surface area contributed by atoms with Crippen molar-refractivity contribution in [2.75, 3.05) is 12.4 Å². The van der Waals surface area contributed by atoms with Gasteiger partial charge in [-0.15, -0.1) is 24.8 Å². The smallest absolute Gasteiger partial charge is 0.156 e. The molecule has 0 atom stereocenters. The standard InChI is InChI=1S/C19H26N4O.2ClH/c1-12-4-5-14(6-13(12)2)10-21-18-9-17(15-7-16(20)8-15)22-19(23-18)11-24-3;;/h4-6,9,15-16H,7-8,10-11,20H2,1-3H3,(H,21,22,23);2*1H. The highest BCUT2D eigenvalue weighted by Gasteiger charge is 2.29. The first kappa shape index (κ1) is 22.6. The number of anilines is 1. The Bertz CT molecular complexity index is 721. The molecule has 0 bridgehead atoms. The van der Waals surface area contributed by atoms with E-state index < -0.39 is 0 Å². The van der Waals surface area contributed by atoms with Gasteiger partial charge in [-0.05, 0) is 43.4 Å². The van der Waals surface area contributed by atoms with Crippen LogP contribution in [0.5, 0.6) is 0 Å². The maximum Gasteiger partial charge on any atom is 0.156 e. The van der Waals surface area contributed by atoms with Crippen LogP contribution in [0.3, 0.4) is 0 Å². The summed E-state index contributed by atoms with van der Waals surface area (Å²) in [7, 11) is 1.66. The van der Waals surface area contributed by atoms with Crippen molar-refractivity contribution in [2.45, 2.75) is 51.8 Å². The Balaban J connectivity index is 0.00000169. The lowest BCUT2D eigenvalue weighted by Gasteiger charge is -2.32. The highest BCUT2D eigenvalue weighted by Crippen LogP contribution is 2.35. The Labute approximate surface area is 168 Å². The monoisotopic (exact) mass is 398 g/mol. The number of nitrogens with two attached hydrogens (primary N) is 1. The normalized spacial score (nSPS) is 18.3. The number of ether oxygens (including phenoxy) is 1. The number of benzene rings is 1. The van der Waals surface area contributed by atoms with Crippen LogP contribution < -0.4 is 11.1 Å². The zero-order chi connectivity index (χ0) is 17.1. The van der Waals surface area contributed by atoms with Crippen LogP contribution in [0.4, 0.5) is 5.82 Å². The molecular formula is C19H28Cl2N4O. The van der Waals surface area contributed by atoms with E-state index in [4.69, 9.17) is 10.5 Å². The van der Waals surface area contributed by atoms with E-state index in [1.807, 2.05) is 0 Å². The lowest BCUT2D eigenvalue weighted by molar-refractivity contribution is 0.177. The third-order valence-electron chi connectivity index (χ3n) is 4.70. The number of nitrogens with one attached hydrogen (secondary N) is 1. The highest BCUT2D eigenvalue weighted by atomic mass is 35.5. The Kier molecular flexibility index (Phi) is 8.77. The molecular weight excluding hydrogens is 371 g/mol. The van der Waals surface area contributed by atoms with Crippen LogP contribution in [-0.2, 0) is 17.9 Å². The van der Waals surface area contributed by atoms with Crippen LogP contribution >= 0.6 is 24.8 Å². The van der Waals surface area contributed by atoms with Gasteiger partial charge in [-0.2, -0.15) is 0 Å². The molecule has 1 aliphatic rings. The van der Waals surface area contributed by atoms with Gasteiger partial charge in [0.1, 0.15) is 12.4 Å². The third-order valence-corrected chi connectivity index (χ3v) is 4.70. The van der Waals surface area contributed by atoms with Crippen molar-refractivity contribution < 1.29 is 4.74 Å². The van der Waals surface area contributed by atoms with E-state index in [0.717, 1.165) is 36.7 Å². The predicted octanol–water partition coefficient (Wildman–Crippen LogP) is 3.90. The molecule has 1 aromatic heterocycles. The number of rotatable bonds is 6. The van der Waals surface area contributed by atoms with Gasteiger partial charge in [0.05, 0.1) is 0 Å². The van der Waals surface area contributed by atoms with Crippen LogP contribution in [0, 0.1) is 13.8 Å². The first-order chi connectivity index (χ1) is 11.5. The molecule has 0 spiro atoms. The zero-order valence-electron chi connectivity index (χ0n) is 15.5. The number of aryl methyl sites for hydroxylation is 2. The van der Waals surface area contributed by atoms with E-state index in [1.165, 1.54) is 16.7 Å². The first-order valence-electron chi connectivity index (χ1n) is 8.47. The van der Waals surface area contributed by atoms with Crippen molar-refractivity contribution in [3.05, 3.63) is 52.5 Å². The summed E-state index contributed by atoms with van der Waals surface area (Å²) in [6.45, 7) is 5.43.